The molecule has 0 atom stereocenters. The number of ether oxygens (including phenoxy) is 2. The molecule has 4 heteroatoms. The Hall–Kier alpha value is -1.97. The van der Waals surface area contributed by atoms with Gasteiger partial charge in [0.05, 0.1) is 14.2 Å². The zero-order valence-electron chi connectivity index (χ0n) is 9.48. The van der Waals surface area contributed by atoms with E-state index in [0.29, 0.717) is 17.1 Å². The highest BCUT2D eigenvalue weighted by Crippen LogP contribution is 2.26. The van der Waals surface area contributed by atoms with Gasteiger partial charge in [-0.2, -0.15) is 0 Å². The summed E-state index contributed by atoms with van der Waals surface area (Å²) >= 11 is 0. The highest BCUT2D eigenvalue weighted by atomic mass is 16.5. The number of carboxylic acids is 1. The first-order valence-electron chi connectivity index (χ1n) is 4.72. The molecule has 1 aromatic rings. The predicted octanol–water partition coefficient (Wildman–Crippen LogP) is 2.19. The second-order valence-electron chi connectivity index (χ2n) is 3.24. The standard InChI is InChI=1S/C12H14O4/c1-8(12(13)14)6-9-7-10(15-2)4-5-11(9)16-3/h4-7H,1-3H3,(H,13,14). The molecular formula is C12H14O4. The Kier molecular flexibility index (Phi) is 3.94. The lowest BCUT2D eigenvalue weighted by Gasteiger charge is -2.07. The number of carboxylic acid groups (broad SMARTS) is 1. The van der Waals surface area contributed by atoms with Crippen LogP contribution in [0, 0.1) is 0 Å². The third kappa shape index (κ3) is 2.76. The van der Waals surface area contributed by atoms with Crippen molar-refractivity contribution in [1.82, 2.24) is 0 Å². The average molecular weight is 222 g/mol. The Balaban J connectivity index is 3.19. The average Bonchev–Trinajstić information content (AvgIpc) is 2.28. The molecule has 0 heterocycles. The number of benzene rings is 1. The number of methoxy groups -OCH3 is 2. The second kappa shape index (κ2) is 5.21. The molecule has 0 aliphatic carbocycles. The molecule has 16 heavy (non-hydrogen) atoms. The zero-order valence-corrected chi connectivity index (χ0v) is 9.48. The first-order chi connectivity index (χ1) is 7.58. The highest BCUT2D eigenvalue weighted by molar-refractivity contribution is 5.92. The highest BCUT2D eigenvalue weighted by Gasteiger charge is 2.05. The molecule has 0 radical (unpaired) electrons. The van der Waals surface area contributed by atoms with E-state index in [1.165, 1.54) is 14.0 Å². The van der Waals surface area contributed by atoms with Crippen LogP contribution in [0.1, 0.15) is 12.5 Å². The van der Waals surface area contributed by atoms with Crippen molar-refractivity contribution in [3.63, 3.8) is 0 Å². The lowest BCUT2D eigenvalue weighted by molar-refractivity contribution is -0.132. The van der Waals surface area contributed by atoms with Crippen LogP contribution in [-0.4, -0.2) is 25.3 Å². The molecule has 1 rings (SSSR count). The van der Waals surface area contributed by atoms with E-state index in [0.717, 1.165) is 0 Å². The minimum atomic E-state index is -0.954. The normalized spacial score (nSPS) is 11.1. The zero-order chi connectivity index (χ0) is 12.1. The maximum absolute atomic E-state index is 10.7. The van der Waals surface area contributed by atoms with Crippen molar-refractivity contribution in [2.45, 2.75) is 6.92 Å². The molecule has 0 aliphatic rings. The van der Waals surface area contributed by atoms with Gasteiger partial charge in [0.15, 0.2) is 0 Å². The Morgan fingerprint density at radius 1 is 1.31 bits per heavy atom. The van der Waals surface area contributed by atoms with E-state index < -0.39 is 5.97 Å². The summed E-state index contributed by atoms with van der Waals surface area (Å²) in [5, 5.41) is 8.79. The first kappa shape index (κ1) is 12.1. The van der Waals surface area contributed by atoms with Crippen molar-refractivity contribution < 1.29 is 19.4 Å². The van der Waals surface area contributed by atoms with Crippen LogP contribution in [0.4, 0.5) is 0 Å². The van der Waals surface area contributed by atoms with E-state index in [1.54, 1.807) is 31.4 Å². The van der Waals surface area contributed by atoms with Crippen LogP contribution in [0.2, 0.25) is 0 Å². The van der Waals surface area contributed by atoms with Crippen molar-refractivity contribution in [3.8, 4) is 11.5 Å². The van der Waals surface area contributed by atoms with E-state index in [4.69, 9.17) is 14.6 Å². The lowest BCUT2D eigenvalue weighted by Crippen LogP contribution is -1.96. The predicted molar refractivity (Wildman–Crippen MR) is 60.8 cm³/mol. The van der Waals surface area contributed by atoms with Gasteiger partial charge in [0.1, 0.15) is 11.5 Å². The van der Waals surface area contributed by atoms with Crippen molar-refractivity contribution in [2.24, 2.45) is 0 Å². The minimum Gasteiger partial charge on any atom is -0.497 e. The quantitative estimate of drug-likeness (QED) is 0.793. The van der Waals surface area contributed by atoms with E-state index in [1.807, 2.05) is 0 Å². The molecule has 1 aromatic carbocycles. The summed E-state index contributed by atoms with van der Waals surface area (Å²) in [6.07, 6.45) is 1.55. The number of hydrogen-bond donors (Lipinski definition) is 1. The summed E-state index contributed by atoms with van der Waals surface area (Å²) in [6, 6.07) is 5.22. The molecule has 0 spiro atoms. The molecular weight excluding hydrogens is 208 g/mol. The fourth-order valence-corrected chi connectivity index (χ4v) is 1.25. The van der Waals surface area contributed by atoms with Gasteiger partial charge in [-0.3, -0.25) is 0 Å². The molecule has 0 saturated carbocycles. The van der Waals surface area contributed by atoms with Crippen LogP contribution >= 0.6 is 0 Å². The molecule has 0 fully saturated rings. The second-order valence-corrected chi connectivity index (χ2v) is 3.24. The van der Waals surface area contributed by atoms with Crippen LogP contribution in [0.5, 0.6) is 11.5 Å². The van der Waals surface area contributed by atoms with Gasteiger partial charge in [0.25, 0.3) is 0 Å². The molecule has 0 unspecified atom stereocenters. The number of hydrogen-bond acceptors (Lipinski definition) is 3. The van der Waals surface area contributed by atoms with Gasteiger partial charge < -0.3 is 14.6 Å². The Labute approximate surface area is 94.1 Å². The first-order valence-corrected chi connectivity index (χ1v) is 4.72. The van der Waals surface area contributed by atoms with Gasteiger partial charge in [0, 0.05) is 11.1 Å². The lowest BCUT2D eigenvalue weighted by atomic mass is 10.1. The molecule has 0 bridgehead atoms. The van der Waals surface area contributed by atoms with E-state index in [9.17, 15) is 4.79 Å². The summed E-state index contributed by atoms with van der Waals surface area (Å²) in [7, 11) is 3.09. The van der Waals surface area contributed by atoms with Gasteiger partial charge in [-0.25, -0.2) is 4.79 Å². The number of aliphatic carboxylic acids is 1. The van der Waals surface area contributed by atoms with E-state index in [-0.39, 0.29) is 5.57 Å². The molecule has 1 N–H and O–H groups in total. The number of carbonyl (C=O) groups is 1. The fraction of sp³-hybridized carbons (Fsp3) is 0.250. The molecule has 0 amide bonds. The van der Waals surface area contributed by atoms with E-state index >= 15 is 0 Å². The topological polar surface area (TPSA) is 55.8 Å². The Bertz CT molecular complexity index is 421. The summed E-state index contributed by atoms with van der Waals surface area (Å²) in [5.41, 5.74) is 0.924. The van der Waals surface area contributed by atoms with Crippen molar-refractivity contribution in [2.75, 3.05) is 14.2 Å². The van der Waals surface area contributed by atoms with Crippen molar-refractivity contribution >= 4 is 12.0 Å². The van der Waals surface area contributed by atoms with Gasteiger partial charge in [-0.15, -0.1) is 0 Å². The monoisotopic (exact) mass is 222 g/mol. The Morgan fingerprint density at radius 2 is 2.00 bits per heavy atom. The summed E-state index contributed by atoms with van der Waals surface area (Å²) in [4.78, 5) is 10.7. The Morgan fingerprint density at radius 3 is 2.50 bits per heavy atom. The maximum atomic E-state index is 10.7. The van der Waals surface area contributed by atoms with Crippen LogP contribution in [-0.2, 0) is 4.79 Å². The van der Waals surface area contributed by atoms with Gasteiger partial charge in [0.2, 0.25) is 0 Å². The third-order valence-electron chi connectivity index (χ3n) is 2.15. The van der Waals surface area contributed by atoms with Gasteiger partial charge in [-0.05, 0) is 31.2 Å². The van der Waals surface area contributed by atoms with Crippen molar-refractivity contribution in [3.05, 3.63) is 29.3 Å². The molecule has 0 saturated heterocycles. The smallest absolute Gasteiger partial charge is 0.331 e. The van der Waals surface area contributed by atoms with Gasteiger partial charge >= 0.3 is 5.97 Å². The summed E-state index contributed by atoms with van der Waals surface area (Å²) < 4.78 is 10.2. The van der Waals surface area contributed by atoms with E-state index in [2.05, 4.69) is 0 Å². The van der Waals surface area contributed by atoms with Crippen LogP contribution in [0.15, 0.2) is 23.8 Å². The van der Waals surface area contributed by atoms with Crippen molar-refractivity contribution in [1.29, 1.82) is 0 Å². The largest absolute Gasteiger partial charge is 0.497 e. The van der Waals surface area contributed by atoms with Crippen LogP contribution in [0.3, 0.4) is 0 Å². The molecule has 0 aliphatic heterocycles. The minimum absolute atomic E-state index is 0.242. The SMILES string of the molecule is COc1ccc(OC)c(C=C(C)C(=O)O)c1. The third-order valence-corrected chi connectivity index (χ3v) is 2.15. The summed E-state index contributed by atoms with van der Waals surface area (Å²) in [6.45, 7) is 1.53. The van der Waals surface area contributed by atoms with Gasteiger partial charge in [-0.1, -0.05) is 0 Å². The molecule has 4 nitrogen and oxygen atoms in total. The molecule has 0 aromatic heterocycles. The summed E-state index contributed by atoms with van der Waals surface area (Å²) in [5.74, 6) is 0.316. The molecule has 86 valence electrons. The van der Waals surface area contributed by atoms with Crippen LogP contribution < -0.4 is 9.47 Å². The van der Waals surface area contributed by atoms with Crippen LogP contribution in [0.25, 0.3) is 6.08 Å². The fourth-order valence-electron chi connectivity index (χ4n) is 1.25. The number of rotatable bonds is 4. The maximum Gasteiger partial charge on any atom is 0.331 e.